The van der Waals surface area contributed by atoms with Crippen molar-refractivity contribution >= 4 is 29.3 Å². The Hall–Kier alpha value is -1.39. The molecule has 0 unspecified atom stereocenters. The summed E-state index contributed by atoms with van der Waals surface area (Å²) in [6.45, 7) is 1.54. The maximum atomic E-state index is 12.5. The molecule has 0 N–H and O–H groups in total. The number of benzene rings is 1. The summed E-state index contributed by atoms with van der Waals surface area (Å²) in [5.74, 6) is -1.18. The van der Waals surface area contributed by atoms with Crippen molar-refractivity contribution in [2.75, 3.05) is 6.61 Å². The molecule has 0 bridgehead atoms. The first-order chi connectivity index (χ1) is 9.34. The molecule has 0 radical (unpaired) electrons. The fraction of sp³-hybridized carbons (Fsp3) is 0.333. The number of carbonyl (C=O) groups is 1. The molecule has 8 heteroatoms. The zero-order valence-corrected chi connectivity index (χ0v) is 11.8. The number of nitriles is 1. The van der Waals surface area contributed by atoms with Crippen LogP contribution < -0.4 is 0 Å². The van der Waals surface area contributed by atoms with Crippen LogP contribution in [0.5, 0.6) is 0 Å². The Bertz CT molecular complexity index is 555. The van der Waals surface area contributed by atoms with Gasteiger partial charge in [0.2, 0.25) is 0 Å². The van der Waals surface area contributed by atoms with Crippen LogP contribution in [0.2, 0.25) is 0 Å². The molecule has 1 aromatic carbocycles. The van der Waals surface area contributed by atoms with Crippen LogP contribution in [0.15, 0.2) is 17.0 Å². The quantitative estimate of drug-likeness (QED) is 0.476. The molecule has 108 valence electrons. The van der Waals surface area contributed by atoms with Gasteiger partial charge in [-0.3, -0.25) is 0 Å². The lowest BCUT2D eigenvalue weighted by molar-refractivity contribution is -0.0328. The number of halogens is 4. The number of thioether (sulfide) groups is 1. The molecule has 0 amide bonds. The van der Waals surface area contributed by atoms with Gasteiger partial charge in [-0.1, -0.05) is 0 Å². The fourth-order valence-corrected chi connectivity index (χ4v) is 2.48. The van der Waals surface area contributed by atoms with E-state index in [4.69, 9.17) is 21.6 Å². The molecule has 0 aromatic heterocycles. The van der Waals surface area contributed by atoms with Gasteiger partial charge in [0.25, 0.3) is 0 Å². The predicted molar refractivity (Wildman–Crippen MR) is 68.6 cm³/mol. The minimum Gasteiger partial charge on any atom is -0.462 e. The van der Waals surface area contributed by atoms with Gasteiger partial charge >= 0.3 is 11.5 Å². The van der Waals surface area contributed by atoms with Crippen molar-refractivity contribution in [2.24, 2.45) is 0 Å². The lowest BCUT2D eigenvalue weighted by Gasteiger charge is -2.14. The Labute approximate surface area is 122 Å². The molecule has 0 saturated carbocycles. The van der Waals surface area contributed by atoms with Crippen molar-refractivity contribution in [3.8, 4) is 6.07 Å². The number of carbonyl (C=O) groups excluding carboxylic acids is 1. The molecule has 1 aromatic rings. The fourth-order valence-electron chi connectivity index (χ4n) is 1.51. The molecule has 0 aliphatic heterocycles. The SMILES string of the molecule is CCOC(=O)c1c(SC(F)(F)F)ccc(C#N)c1CCl. The van der Waals surface area contributed by atoms with E-state index >= 15 is 0 Å². The van der Waals surface area contributed by atoms with E-state index in [1.165, 1.54) is 13.0 Å². The van der Waals surface area contributed by atoms with Crippen LogP contribution in [0.4, 0.5) is 13.2 Å². The largest absolute Gasteiger partial charge is 0.462 e. The van der Waals surface area contributed by atoms with Gasteiger partial charge in [-0.25, -0.2) is 4.79 Å². The summed E-state index contributed by atoms with van der Waals surface area (Å²) in [5.41, 5.74) is -4.77. The number of alkyl halides is 4. The van der Waals surface area contributed by atoms with E-state index in [2.05, 4.69) is 0 Å². The van der Waals surface area contributed by atoms with E-state index in [1.54, 1.807) is 6.07 Å². The lowest BCUT2D eigenvalue weighted by Crippen LogP contribution is -2.12. The second-order valence-electron chi connectivity index (χ2n) is 3.48. The Morgan fingerprint density at radius 3 is 2.60 bits per heavy atom. The maximum Gasteiger partial charge on any atom is 0.446 e. The molecule has 0 fully saturated rings. The molecule has 20 heavy (non-hydrogen) atoms. The number of rotatable bonds is 4. The topological polar surface area (TPSA) is 50.1 Å². The second kappa shape index (κ2) is 6.86. The number of ether oxygens (including phenoxy) is 1. The highest BCUT2D eigenvalue weighted by molar-refractivity contribution is 8.00. The first kappa shape index (κ1) is 16.7. The van der Waals surface area contributed by atoms with Gasteiger partial charge in [-0.05, 0) is 30.8 Å². The number of hydrogen-bond donors (Lipinski definition) is 0. The lowest BCUT2D eigenvalue weighted by atomic mass is 10.0. The molecule has 0 heterocycles. The zero-order valence-electron chi connectivity index (χ0n) is 10.3. The Morgan fingerprint density at radius 1 is 1.50 bits per heavy atom. The van der Waals surface area contributed by atoms with Gasteiger partial charge in [0.05, 0.1) is 23.8 Å². The normalized spacial score (nSPS) is 11.0. The van der Waals surface area contributed by atoms with Gasteiger partial charge in [-0.15, -0.1) is 11.6 Å². The van der Waals surface area contributed by atoms with Gasteiger partial charge in [0.1, 0.15) is 0 Å². The molecule has 0 aliphatic rings. The molecule has 0 aliphatic carbocycles. The summed E-state index contributed by atoms with van der Waals surface area (Å²) in [7, 11) is 0. The van der Waals surface area contributed by atoms with E-state index in [9.17, 15) is 18.0 Å². The number of esters is 1. The molecule has 0 saturated heterocycles. The molecular formula is C12H9ClF3NO2S. The monoisotopic (exact) mass is 323 g/mol. The standard InChI is InChI=1S/C12H9ClF3NO2S/c1-2-19-11(18)10-8(5-13)7(6-17)3-4-9(10)20-12(14,15)16/h3-4H,2,5H2,1H3. The van der Waals surface area contributed by atoms with Gasteiger partial charge < -0.3 is 4.74 Å². The summed E-state index contributed by atoms with van der Waals surface area (Å²) in [4.78, 5) is 11.5. The minimum atomic E-state index is -4.56. The van der Waals surface area contributed by atoms with Crippen LogP contribution >= 0.6 is 23.4 Å². The van der Waals surface area contributed by atoms with E-state index in [0.717, 1.165) is 6.07 Å². The highest BCUT2D eigenvalue weighted by Crippen LogP contribution is 2.40. The summed E-state index contributed by atoms with van der Waals surface area (Å²) in [5, 5.41) is 8.92. The average molecular weight is 324 g/mol. The molecular weight excluding hydrogens is 315 g/mol. The van der Waals surface area contributed by atoms with E-state index < -0.39 is 23.2 Å². The van der Waals surface area contributed by atoms with Crippen LogP contribution in [-0.4, -0.2) is 18.1 Å². The third kappa shape index (κ3) is 4.05. The van der Waals surface area contributed by atoms with E-state index in [1.807, 2.05) is 0 Å². The molecule has 3 nitrogen and oxygen atoms in total. The first-order valence-corrected chi connectivity index (χ1v) is 6.74. The van der Waals surface area contributed by atoms with Gasteiger partial charge in [0.15, 0.2) is 0 Å². The van der Waals surface area contributed by atoms with Crippen LogP contribution in [-0.2, 0) is 10.6 Å². The Kier molecular flexibility index (Phi) is 5.72. The van der Waals surface area contributed by atoms with Crippen LogP contribution in [0.25, 0.3) is 0 Å². The van der Waals surface area contributed by atoms with Crippen molar-refractivity contribution in [2.45, 2.75) is 23.2 Å². The Morgan fingerprint density at radius 2 is 2.15 bits per heavy atom. The first-order valence-electron chi connectivity index (χ1n) is 5.38. The van der Waals surface area contributed by atoms with E-state index in [0.29, 0.717) is 0 Å². The molecule has 1 rings (SSSR count). The van der Waals surface area contributed by atoms with Crippen LogP contribution in [0, 0.1) is 11.3 Å². The van der Waals surface area contributed by atoms with Crippen molar-refractivity contribution < 1.29 is 22.7 Å². The van der Waals surface area contributed by atoms with Gasteiger partial charge in [0, 0.05) is 16.3 Å². The van der Waals surface area contributed by atoms with Gasteiger partial charge in [-0.2, -0.15) is 18.4 Å². The minimum absolute atomic E-state index is 0.00741. The van der Waals surface area contributed by atoms with Crippen molar-refractivity contribution in [3.63, 3.8) is 0 Å². The molecule has 0 spiro atoms. The van der Waals surface area contributed by atoms with Crippen molar-refractivity contribution in [3.05, 3.63) is 28.8 Å². The smallest absolute Gasteiger partial charge is 0.446 e. The van der Waals surface area contributed by atoms with E-state index in [-0.39, 0.29) is 34.1 Å². The van der Waals surface area contributed by atoms with Crippen LogP contribution in [0.3, 0.4) is 0 Å². The summed E-state index contributed by atoms with van der Waals surface area (Å²) >= 11 is 5.22. The predicted octanol–water partition coefficient (Wildman–Crippen LogP) is 4.09. The van der Waals surface area contributed by atoms with Crippen molar-refractivity contribution in [1.29, 1.82) is 5.26 Å². The third-order valence-corrected chi connectivity index (χ3v) is 3.29. The highest BCUT2D eigenvalue weighted by Gasteiger charge is 2.33. The Balaban J connectivity index is 3.44. The third-order valence-electron chi connectivity index (χ3n) is 2.23. The van der Waals surface area contributed by atoms with Crippen molar-refractivity contribution in [1.82, 2.24) is 0 Å². The molecule has 0 atom stereocenters. The maximum absolute atomic E-state index is 12.5. The zero-order chi connectivity index (χ0) is 15.3. The summed E-state index contributed by atoms with van der Waals surface area (Å²) in [6, 6.07) is 4.06. The van der Waals surface area contributed by atoms with Crippen LogP contribution in [0.1, 0.15) is 28.4 Å². The summed E-state index contributed by atoms with van der Waals surface area (Å²) in [6.07, 6.45) is 0. The average Bonchev–Trinajstić information content (AvgIpc) is 2.36. The number of nitrogens with zero attached hydrogens (tertiary/aromatic N) is 1. The number of hydrogen-bond acceptors (Lipinski definition) is 4. The highest BCUT2D eigenvalue weighted by atomic mass is 35.5. The summed E-state index contributed by atoms with van der Waals surface area (Å²) < 4.78 is 42.2. The second-order valence-corrected chi connectivity index (χ2v) is 4.85.